The van der Waals surface area contributed by atoms with Gasteiger partial charge in [0.15, 0.2) is 5.16 Å². The van der Waals surface area contributed by atoms with E-state index in [0.29, 0.717) is 18.2 Å². The Morgan fingerprint density at radius 3 is 2.38 bits per heavy atom. The van der Waals surface area contributed by atoms with Gasteiger partial charge in [-0.25, -0.2) is 4.39 Å². The predicted molar refractivity (Wildman–Crippen MR) is 122 cm³/mol. The van der Waals surface area contributed by atoms with Gasteiger partial charge in [0, 0.05) is 13.1 Å². The Hall–Kier alpha value is -3.20. The topological polar surface area (TPSA) is 88.9 Å². The fraction of sp³-hybridized carbons (Fsp3) is 0.304. The standard InChI is InChI=1S/C23H26FN5O2S/c1-15-4-5-16(2)20(12-15)29-17(3)27-28-23(29)32-14-22(31)26-11-10-25-21(30)13-18-6-8-19(24)9-7-18/h4-9,12H,10-11,13-14H2,1-3H3,(H,25,30)(H,26,31). The molecule has 0 bridgehead atoms. The number of benzene rings is 2. The first-order chi connectivity index (χ1) is 15.3. The van der Waals surface area contributed by atoms with Gasteiger partial charge < -0.3 is 10.6 Å². The molecule has 2 N–H and O–H groups in total. The first-order valence-electron chi connectivity index (χ1n) is 10.2. The maximum Gasteiger partial charge on any atom is 0.230 e. The van der Waals surface area contributed by atoms with Crippen LogP contribution in [-0.4, -0.2) is 45.4 Å². The summed E-state index contributed by atoms with van der Waals surface area (Å²) >= 11 is 1.31. The van der Waals surface area contributed by atoms with Crippen LogP contribution in [-0.2, 0) is 16.0 Å². The fourth-order valence-electron chi connectivity index (χ4n) is 3.11. The van der Waals surface area contributed by atoms with E-state index >= 15 is 0 Å². The van der Waals surface area contributed by atoms with E-state index in [1.807, 2.05) is 25.3 Å². The van der Waals surface area contributed by atoms with Crippen molar-refractivity contribution in [2.75, 3.05) is 18.8 Å². The highest BCUT2D eigenvalue weighted by atomic mass is 32.2. The van der Waals surface area contributed by atoms with E-state index in [1.54, 1.807) is 12.1 Å². The molecule has 7 nitrogen and oxygen atoms in total. The van der Waals surface area contributed by atoms with Gasteiger partial charge in [-0.15, -0.1) is 10.2 Å². The van der Waals surface area contributed by atoms with Crippen LogP contribution < -0.4 is 10.6 Å². The van der Waals surface area contributed by atoms with E-state index in [9.17, 15) is 14.0 Å². The summed E-state index contributed by atoms with van der Waals surface area (Å²) in [7, 11) is 0. The van der Waals surface area contributed by atoms with E-state index in [0.717, 1.165) is 28.2 Å². The summed E-state index contributed by atoms with van der Waals surface area (Å²) in [4.78, 5) is 24.2. The van der Waals surface area contributed by atoms with Crippen LogP contribution >= 0.6 is 11.8 Å². The van der Waals surface area contributed by atoms with E-state index in [4.69, 9.17) is 0 Å². The summed E-state index contributed by atoms with van der Waals surface area (Å²) in [6, 6.07) is 12.0. The maximum absolute atomic E-state index is 12.9. The summed E-state index contributed by atoms with van der Waals surface area (Å²) in [6.07, 6.45) is 0.164. The van der Waals surface area contributed by atoms with Crippen molar-refractivity contribution in [3.63, 3.8) is 0 Å². The zero-order valence-corrected chi connectivity index (χ0v) is 19.1. The summed E-state index contributed by atoms with van der Waals surface area (Å²) in [6.45, 7) is 6.57. The Labute approximate surface area is 190 Å². The Balaban J connectivity index is 1.44. The van der Waals surface area contributed by atoms with E-state index in [-0.39, 0.29) is 29.8 Å². The molecule has 168 valence electrons. The quantitative estimate of drug-likeness (QED) is 0.383. The minimum atomic E-state index is -0.336. The molecule has 3 aromatic rings. The van der Waals surface area contributed by atoms with Crippen molar-refractivity contribution in [3.8, 4) is 5.69 Å². The van der Waals surface area contributed by atoms with Gasteiger partial charge in [0.1, 0.15) is 11.6 Å². The highest BCUT2D eigenvalue weighted by Crippen LogP contribution is 2.24. The molecule has 3 rings (SSSR count). The summed E-state index contributed by atoms with van der Waals surface area (Å²) in [5.74, 6) is 0.267. The lowest BCUT2D eigenvalue weighted by molar-refractivity contribution is -0.121. The van der Waals surface area contributed by atoms with Gasteiger partial charge in [0.05, 0.1) is 17.9 Å². The van der Waals surface area contributed by atoms with E-state index in [2.05, 4.69) is 39.0 Å². The van der Waals surface area contributed by atoms with Crippen LogP contribution in [0.15, 0.2) is 47.6 Å². The lowest BCUT2D eigenvalue weighted by Crippen LogP contribution is -2.36. The average molecular weight is 456 g/mol. The van der Waals surface area contributed by atoms with Gasteiger partial charge in [0.2, 0.25) is 11.8 Å². The highest BCUT2D eigenvalue weighted by molar-refractivity contribution is 7.99. The number of aryl methyl sites for hydroxylation is 3. The largest absolute Gasteiger partial charge is 0.354 e. The minimum absolute atomic E-state index is 0.157. The molecule has 0 saturated carbocycles. The number of carbonyl (C=O) groups excluding carboxylic acids is 2. The average Bonchev–Trinajstić information content (AvgIpc) is 3.13. The van der Waals surface area contributed by atoms with Gasteiger partial charge in [-0.05, 0) is 55.7 Å². The third-order valence-electron chi connectivity index (χ3n) is 4.78. The predicted octanol–water partition coefficient (Wildman–Crippen LogP) is 2.90. The summed E-state index contributed by atoms with van der Waals surface area (Å²) < 4.78 is 14.9. The second-order valence-corrected chi connectivity index (χ2v) is 8.39. The number of hydrogen-bond acceptors (Lipinski definition) is 5. The van der Waals surface area contributed by atoms with Crippen molar-refractivity contribution in [1.29, 1.82) is 0 Å². The molecule has 0 atom stereocenters. The Bertz CT molecular complexity index is 1100. The molecule has 2 aromatic carbocycles. The van der Waals surface area contributed by atoms with Crippen LogP contribution in [0.2, 0.25) is 0 Å². The maximum atomic E-state index is 12.9. The van der Waals surface area contributed by atoms with Crippen LogP contribution in [0.25, 0.3) is 5.69 Å². The van der Waals surface area contributed by atoms with Gasteiger partial charge >= 0.3 is 0 Å². The van der Waals surface area contributed by atoms with Crippen LogP contribution in [0.4, 0.5) is 4.39 Å². The molecule has 0 aliphatic carbocycles. The van der Waals surface area contributed by atoms with Crippen molar-refractivity contribution >= 4 is 23.6 Å². The SMILES string of the molecule is Cc1ccc(C)c(-n2c(C)nnc2SCC(=O)NCCNC(=O)Cc2ccc(F)cc2)c1. The lowest BCUT2D eigenvalue weighted by Gasteiger charge is -2.12. The molecule has 0 spiro atoms. The smallest absolute Gasteiger partial charge is 0.230 e. The van der Waals surface area contributed by atoms with E-state index in [1.165, 1.54) is 23.9 Å². The number of rotatable bonds is 9. The molecule has 1 aromatic heterocycles. The van der Waals surface area contributed by atoms with Gasteiger partial charge in [-0.2, -0.15) is 0 Å². The number of aromatic nitrogens is 3. The molecular formula is C23H26FN5O2S. The molecule has 0 aliphatic heterocycles. The fourth-order valence-corrected chi connectivity index (χ4v) is 3.93. The molecule has 2 amide bonds. The Kier molecular flexibility index (Phi) is 7.99. The summed E-state index contributed by atoms with van der Waals surface area (Å²) in [5.41, 5.74) is 3.96. The summed E-state index contributed by atoms with van der Waals surface area (Å²) in [5, 5.41) is 14.6. The zero-order valence-electron chi connectivity index (χ0n) is 18.3. The van der Waals surface area contributed by atoms with Gasteiger partial charge in [-0.3, -0.25) is 14.2 Å². The van der Waals surface area contributed by atoms with Gasteiger partial charge in [-0.1, -0.05) is 36.0 Å². The number of thioether (sulfide) groups is 1. The first kappa shape index (κ1) is 23.5. The van der Waals surface area contributed by atoms with Crippen LogP contribution in [0.1, 0.15) is 22.5 Å². The molecule has 0 radical (unpaired) electrons. The van der Waals surface area contributed by atoms with Crippen molar-refractivity contribution in [2.45, 2.75) is 32.3 Å². The monoisotopic (exact) mass is 455 g/mol. The van der Waals surface area contributed by atoms with Crippen LogP contribution in [0, 0.1) is 26.6 Å². The van der Waals surface area contributed by atoms with Crippen molar-refractivity contribution in [3.05, 3.63) is 70.8 Å². The molecule has 0 saturated heterocycles. The first-order valence-corrected chi connectivity index (χ1v) is 11.2. The van der Waals surface area contributed by atoms with Crippen LogP contribution in [0.5, 0.6) is 0 Å². The minimum Gasteiger partial charge on any atom is -0.354 e. The van der Waals surface area contributed by atoms with Crippen molar-refractivity contribution in [1.82, 2.24) is 25.4 Å². The molecule has 0 aliphatic rings. The molecule has 0 unspecified atom stereocenters. The normalized spacial score (nSPS) is 10.8. The van der Waals surface area contributed by atoms with Crippen LogP contribution in [0.3, 0.4) is 0 Å². The van der Waals surface area contributed by atoms with Crippen molar-refractivity contribution in [2.24, 2.45) is 0 Å². The molecule has 9 heteroatoms. The molecule has 1 heterocycles. The Morgan fingerprint density at radius 2 is 1.66 bits per heavy atom. The van der Waals surface area contributed by atoms with Crippen molar-refractivity contribution < 1.29 is 14.0 Å². The zero-order chi connectivity index (χ0) is 23.1. The Morgan fingerprint density at radius 1 is 0.969 bits per heavy atom. The second-order valence-electron chi connectivity index (χ2n) is 7.45. The number of nitrogens with zero attached hydrogens (tertiary/aromatic N) is 3. The third kappa shape index (κ3) is 6.40. The molecular weight excluding hydrogens is 429 g/mol. The highest BCUT2D eigenvalue weighted by Gasteiger charge is 2.15. The third-order valence-corrected chi connectivity index (χ3v) is 5.71. The molecule has 0 fully saturated rings. The molecule has 32 heavy (non-hydrogen) atoms. The number of amides is 2. The lowest BCUT2D eigenvalue weighted by atomic mass is 10.1. The number of nitrogens with one attached hydrogen (secondary N) is 2. The number of hydrogen-bond donors (Lipinski definition) is 2. The second kappa shape index (κ2) is 10.9. The number of halogens is 1. The van der Waals surface area contributed by atoms with E-state index < -0.39 is 0 Å². The number of carbonyl (C=O) groups is 2. The van der Waals surface area contributed by atoms with Gasteiger partial charge in [0.25, 0.3) is 0 Å².